The molecule has 0 atom stereocenters. The fourth-order valence-corrected chi connectivity index (χ4v) is 0.758. The van der Waals surface area contributed by atoms with E-state index in [9.17, 15) is 0 Å². The monoisotopic (exact) mass is 236 g/mol. The second kappa shape index (κ2) is 6.67. The first-order valence-corrected chi connectivity index (χ1v) is 4.32. The van der Waals surface area contributed by atoms with Crippen LogP contribution in [0, 0.1) is 0 Å². The topological polar surface area (TPSA) is 118 Å². The van der Waals surface area contributed by atoms with Gasteiger partial charge in [-0.2, -0.15) is 0 Å². The standard InChI is InChI=1S/C8H6N4O.CH2O3/c1-3-9-7(10-4-1)13-8-11-5-2-6-12-8;2-1(3)4/h1-6H;(H2,2,3,4). The van der Waals surface area contributed by atoms with Gasteiger partial charge in [0.2, 0.25) is 0 Å². The third kappa shape index (κ3) is 5.62. The first kappa shape index (κ1) is 12.3. The van der Waals surface area contributed by atoms with Crippen LogP contribution in [0.25, 0.3) is 0 Å². The van der Waals surface area contributed by atoms with Gasteiger partial charge in [-0.05, 0) is 12.1 Å². The average Bonchev–Trinajstić information content (AvgIpc) is 2.31. The third-order valence-corrected chi connectivity index (χ3v) is 1.27. The molecule has 0 saturated carbocycles. The highest BCUT2D eigenvalue weighted by atomic mass is 16.6. The Kier molecular flexibility index (Phi) is 4.82. The quantitative estimate of drug-likeness (QED) is 0.800. The van der Waals surface area contributed by atoms with Crippen LogP contribution in [-0.4, -0.2) is 36.3 Å². The van der Waals surface area contributed by atoms with Gasteiger partial charge in [0, 0.05) is 24.8 Å². The number of hydrogen-bond donors (Lipinski definition) is 2. The van der Waals surface area contributed by atoms with Crippen LogP contribution in [0.15, 0.2) is 36.9 Å². The fraction of sp³-hybridized carbons (Fsp3) is 0. The van der Waals surface area contributed by atoms with Crippen LogP contribution in [0.3, 0.4) is 0 Å². The van der Waals surface area contributed by atoms with E-state index >= 15 is 0 Å². The van der Waals surface area contributed by atoms with Crippen molar-refractivity contribution in [1.82, 2.24) is 19.9 Å². The average molecular weight is 236 g/mol. The van der Waals surface area contributed by atoms with Crippen LogP contribution in [-0.2, 0) is 0 Å². The summed E-state index contributed by atoms with van der Waals surface area (Å²) in [7, 11) is 0. The van der Waals surface area contributed by atoms with Gasteiger partial charge in [-0.1, -0.05) is 0 Å². The maximum atomic E-state index is 8.56. The van der Waals surface area contributed by atoms with Crippen molar-refractivity contribution in [1.29, 1.82) is 0 Å². The molecule has 8 nitrogen and oxygen atoms in total. The molecule has 0 saturated heterocycles. The van der Waals surface area contributed by atoms with Crippen LogP contribution in [0.4, 0.5) is 4.79 Å². The highest BCUT2D eigenvalue weighted by molar-refractivity contribution is 5.53. The van der Waals surface area contributed by atoms with Gasteiger partial charge in [-0.3, -0.25) is 0 Å². The second-order valence-electron chi connectivity index (χ2n) is 2.45. The molecule has 2 aromatic rings. The molecule has 8 heteroatoms. The lowest BCUT2D eigenvalue weighted by Crippen LogP contribution is -1.93. The summed E-state index contributed by atoms with van der Waals surface area (Å²) in [6, 6.07) is 3.90. The van der Waals surface area contributed by atoms with Crippen LogP contribution >= 0.6 is 0 Å². The van der Waals surface area contributed by atoms with Crippen molar-refractivity contribution < 1.29 is 19.7 Å². The number of rotatable bonds is 2. The molecule has 2 heterocycles. The molecule has 0 amide bonds. The Balaban J connectivity index is 0.000000317. The lowest BCUT2D eigenvalue weighted by molar-refractivity contribution is 0.137. The van der Waals surface area contributed by atoms with E-state index in [1.165, 1.54) is 0 Å². The van der Waals surface area contributed by atoms with Crippen LogP contribution in [0.5, 0.6) is 12.0 Å². The van der Waals surface area contributed by atoms with E-state index < -0.39 is 6.16 Å². The van der Waals surface area contributed by atoms with Gasteiger partial charge in [0.05, 0.1) is 0 Å². The van der Waals surface area contributed by atoms with Crippen molar-refractivity contribution in [2.24, 2.45) is 0 Å². The van der Waals surface area contributed by atoms with Crippen molar-refractivity contribution >= 4 is 6.16 Å². The lowest BCUT2D eigenvalue weighted by Gasteiger charge is -1.98. The van der Waals surface area contributed by atoms with Crippen molar-refractivity contribution in [3.63, 3.8) is 0 Å². The van der Waals surface area contributed by atoms with Gasteiger partial charge in [-0.15, -0.1) is 0 Å². The molecule has 17 heavy (non-hydrogen) atoms. The maximum absolute atomic E-state index is 8.56. The first-order chi connectivity index (χ1) is 8.18. The molecule has 0 aromatic carbocycles. The van der Waals surface area contributed by atoms with E-state index in [0.29, 0.717) is 0 Å². The predicted molar refractivity (Wildman–Crippen MR) is 54.8 cm³/mol. The maximum Gasteiger partial charge on any atom is 0.503 e. The van der Waals surface area contributed by atoms with E-state index in [2.05, 4.69) is 19.9 Å². The molecule has 0 aliphatic rings. The van der Waals surface area contributed by atoms with Gasteiger partial charge in [0.25, 0.3) is 0 Å². The minimum Gasteiger partial charge on any atom is -0.450 e. The van der Waals surface area contributed by atoms with Gasteiger partial charge in [-0.25, -0.2) is 24.7 Å². The number of nitrogens with zero attached hydrogens (tertiary/aromatic N) is 4. The summed E-state index contributed by atoms with van der Waals surface area (Å²) >= 11 is 0. The molecule has 0 radical (unpaired) electrons. The van der Waals surface area contributed by atoms with Crippen molar-refractivity contribution in [2.75, 3.05) is 0 Å². The summed E-state index contributed by atoms with van der Waals surface area (Å²) in [5.41, 5.74) is 0. The van der Waals surface area contributed by atoms with E-state index in [0.717, 1.165) is 0 Å². The minimum absolute atomic E-state index is 0.244. The Hall–Kier alpha value is -2.77. The molecule has 0 aliphatic heterocycles. The number of aromatic nitrogens is 4. The summed E-state index contributed by atoms with van der Waals surface area (Å²) in [5, 5.41) is 13.9. The Morgan fingerprint density at radius 2 is 1.18 bits per heavy atom. The zero-order chi connectivity index (χ0) is 12.5. The molecule has 0 aliphatic carbocycles. The molecule has 2 N–H and O–H groups in total. The molecular weight excluding hydrogens is 228 g/mol. The largest absolute Gasteiger partial charge is 0.503 e. The highest BCUT2D eigenvalue weighted by Gasteiger charge is 1.98. The fourth-order valence-electron chi connectivity index (χ4n) is 0.758. The zero-order valence-electron chi connectivity index (χ0n) is 8.46. The first-order valence-electron chi connectivity index (χ1n) is 4.32. The smallest absolute Gasteiger partial charge is 0.450 e. The zero-order valence-corrected chi connectivity index (χ0v) is 8.46. The Morgan fingerprint density at radius 3 is 1.47 bits per heavy atom. The Labute approximate surface area is 95.6 Å². The molecule has 88 valence electrons. The van der Waals surface area contributed by atoms with Crippen molar-refractivity contribution in [3.8, 4) is 12.0 Å². The van der Waals surface area contributed by atoms with Crippen molar-refractivity contribution in [2.45, 2.75) is 0 Å². The van der Waals surface area contributed by atoms with Gasteiger partial charge in [0.15, 0.2) is 0 Å². The summed E-state index contributed by atoms with van der Waals surface area (Å²) in [6.45, 7) is 0. The number of hydrogen-bond acceptors (Lipinski definition) is 6. The molecule has 0 spiro atoms. The molecule has 2 aromatic heterocycles. The number of carboxylic acid groups (broad SMARTS) is 2. The third-order valence-electron chi connectivity index (χ3n) is 1.27. The SMILES string of the molecule is O=C(O)O.c1cnc(Oc2ncccn2)nc1. The van der Waals surface area contributed by atoms with Crippen LogP contribution in [0.2, 0.25) is 0 Å². The second-order valence-corrected chi connectivity index (χ2v) is 2.45. The lowest BCUT2D eigenvalue weighted by atomic mass is 10.7. The summed E-state index contributed by atoms with van der Waals surface area (Å²) in [6.07, 6.45) is 4.52. The van der Waals surface area contributed by atoms with E-state index in [4.69, 9.17) is 19.7 Å². The number of ether oxygens (including phenoxy) is 1. The summed E-state index contributed by atoms with van der Waals surface area (Å²) in [5.74, 6) is 0. The van der Waals surface area contributed by atoms with E-state index in [1.807, 2.05) is 0 Å². The molecule has 0 unspecified atom stereocenters. The van der Waals surface area contributed by atoms with Crippen LogP contribution < -0.4 is 4.74 Å². The summed E-state index contributed by atoms with van der Waals surface area (Å²) in [4.78, 5) is 24.0. The molecular formula is C9H8N4O4. The molecule has 2 rings (SSSR count). The van der Waals surface area contributed by atoms with E-state index in [-0.39, 0.29) is 12.0 Å². The van der Waals surface area contributed by atoms with Crippen LogP contribution in [0.1, 0.15) is 0 Å². The summed E-state index contributed by atoms with van der Waals surface area (Å²) < 4.78 is 5.13. The highest BCUT2D eigenvalue weighted by Crippen LogP contribution is 2.08. The minimum atomic E-state index is -1.83. The Morgan fingerprint density at radius 1 is 0.882 bits per heavy atom. The predicted octanol–water partition coefficient (Wildman–Crippen LogP) is 1.28. The van der Waals surface area contributed by atoms with Gasteiger partial charge in [0.1, 0.15) is 0 Å². The Bertz CT molecular complexity index is 410. The molecule has 0 bridgehead atoms. The van der Waals surface area contributed by atoms with Gasteiger partial charge >= 0.3 is 18.2 Å². The normalized spacial score (nSPS) is 8.71. The number of carbonyl (C=O) groups is 1. The van der Waals surface area contributed by atoms with Gasteiger partial charge < -0.3 is 14.9 Å². The van der Waals surface area contributed by atoms with Crippen molar-refractivity contribution in [3.05, 3.63) is 36.9 Å². The molecule has 0 fully saturated rings. The van der Waals surface area contributed by atoms with E-state index in [1.54, 1.807) is 36.9 Å².